The second-order valence-electron chi connectivity index (χ2n) is 8.33. The van der Waals surface area contributed by atoms with Gasteiger partial charge in [0, 0.05) is 26.4 Å². The second kappa shape index (κ2) is 14.7. The zero-order valence-electron chi connectivity index (χ0n) is 20.4. The van der Waals surface area contributed by atoms with Gasteiger partial charge in [0.2, 0.25) is 5.91 Å². The molecule has 0 spiro atoms. The summed E-state index contributed by atoms with van der Waals surface area (Å²) in [4.78, 5) is 14.2. The lowest BCUT2D eigenvalue weighted by Gasteiger charge is -2.22. The zero-order valence-corrected chi connectivity index (χ0v) is 20.4. The highest BCUT2D eigenvalue weighted by Crippen LogP contribution is 2.30. The summed E-state index contributed by atoms with van der Waals surface area (Å²) in [7, 11) is 1.66. The number of benzene rings is 1. The van der Waals surface area contributed by atoms with Crippen molar-refractivity contribution in [3.63, 3.8) is 0 Å². The first-order valence-electron chi connectivity index (χ1n) is 12.0. The standard InChI is InChI=1S/C27H41NO4/c1-5-7-8-11-23(10-6-2)12-9-17-28(22(3)29)18-15-24-13-14-26(30-4)27(20-24)32-25-16-19-31-21-25/h5,7,10,13-14,20,25H,6,8-9,11-12,15-19,21H2,1-4H3/b7-5-,23-10+. The molecule has 32 heavy (non-hydrogen) atoms. The van der Waals surface area contributed by atoms with Crippen LogP contribution < -0.4 is 9.47 Å². The van der Waals surface area contributed by atoms with E-state index < -0.39 is 0 Å². The molecule has 1 unspecified atom stereocenters. The van der Waals surface area contributed by atoms with Crippen molar-refractivity contribution in [2.24, 2.45) is 0 Å². The summed E-state index contributed by atoms with van der Waals surface area (Å²) >= 11 is 0. The third-order valence-corrected chi connectivity index (χ3v) is 5.81. The summed E-state index contributed by atoms with van der Waals surface area (Å²) in [6.45, 7) is 8.77. The number of carbonyl (C=O) groups is 1. The number of amides is 1. The summed E-state index contributed by atoms with van der Waals surface area (Å²) in [5, 5.41) is 0. The van der Waals surface area contributed by atoms with Crippen molar-refractivity contribution in [1.82, 2.24) is 4.90 Å². The molecule has 0 aliphatic carbocycles. The van der Waals surface area contributed by atoms with Crippen LogP contribution in [0.5, 0.6) is 11.5 Å². The lowest BCUT2D eigenvalue weighted by atomic mass is 10.0. The van der Waals surface area contributed by atoms with Gasteiger partial charge in [-0.15, -0.1) is 0 Å². The maximum Gasteiger partial charge on any atom is 0.219 e. The molecule has 1 amide bonds. The number of nitrogens with zero attached hydrogens (tertiary/aromatic N) is 1. The van der Waals surface area contributed by atoms with E-state index in [-0.39, 0.29) is 12.0 Å². The minimum atomic E-state index is 0.0751. The topological polar surface area (TPSA) is 48.0 Å². The van der Waals surface area contributed by atoms with Crippen LogP contribution in [0.1, 0.15) is 64.9 Å². The molecular formula is C27H41NO4. The van der Waals surface area contributed by atoms with Crippen LogP contribution in [0.15, 0.2) is 42.0 Å². The summed E-state index contributed by atoms with van der Waals surface area (Å²) in [5.74, 6) is 1.62. The smallest absolute Gasteiger partial charge is 0.219 e. The lowest BCUT2D eigenvalue weighted by molar-refractivity contribution is -0.128. The van der Waals surface area contributed by atoms with Crippen LogP contribution in [-0.2, 0) is 16.0 Å². The summed E-state index contributed by atoms with van der Waals surface area (Å²) in [5.41, 5.74) is 2.64. The quantitative estimate of drug-likeness (QED) is 0.345. The minimum absolute atomic E-state index is 0.0751. The van der Waals surface area contributed by atoms with Gasteiger partial charge in [0.25, 0.3) is 0 Å². The molecule has 0 bridgehead atoms. The Balaban J connectivity index is 1.89. The van der Waals surface area contributed by atoms with E-state index in [1.54, 1.807) is 14.0 Å². The predicted molar refractivity (Wildman–Crippen MR) is 130 cm³/mol. The average molecular weight is 444 g/mol. The fourth-order valence-electron chi connectivity index (χ4n) is 4.00. The van der Waals surface area contributed by atoms with E-state index in [2.05, 4.69) is 38.1 Å². The molecule has 5 heteroatoms. The Morgan fingerprint density at radius 1 is 1.25 bits per heavy atom. The molecule has 1 fully saturated rings. The molecule has 1 aliphatic heterocycles. The normalized spacial score (nSPS) is 16.5. The minimum Gasteiger partial charge on any atom is -0.493 e. The van der Waals surface area contributed by atoms with E-state index in [4.69, 9.17) is 14.2 Å². The SMILES string of the molecule is C/C=C\CC/C(=C\CC)CCCN(CCc1ccc(OC)c(OC2CCOC2)c1)C(C)=O. The molecule has 1 aromatic carbocycles. The Morgan fingerprint density at radius 2 is 2.09 bits per heavy atom. The van der Waals surface area contributed by atoms with Crippen molar-refractivity contribution < 1.29 is 19.0 Å². The van der Waals surface area contributed by atoms with E-state index in [0.29, 0.717) is 13.2 Å². The third kappa shape index (κ3) is 9.07. The molecule has 5 nitrogen and oxygen atoms in total. The molecule has 0 radical (unpaired) electrons. The fourth-order valence-corrected chi connectivity index (χ4v) is 4.00. The number of hydrogen-bond donors (Lipinski definition) is 0. The number of hydrogen-bond acceptors (Lipinski definition) is 4. The van der Waals surface area contributed by atoms with Crippen LogP contribution in [0.4, 0.5) is 0 Å². The van der Waals surface area contributed by atoms with E-state index in [9.17, 15) is 4.79 Å². The Bertz CT molecular complexity index is 750. The van der Waals surface area contributed by atoms with Gasteiger partial charge in [0.05, 0.1) is 20.3 Å². The van der Waals surface area contributed by atoms with Gasteiger partial charge in [-0.2, -0.15) is 0 Å². The highest BCUT2D eigenvalue weighted by molar-refractivity contribution is 5.73. The molecule has 0 N–H and O–H groups in total. The maximum absolute atomic E-state index is 12.2. The van der Waals surface area contributed by atoms with Crippen molar-refractivity contribution in [3.8, 4) is 11.5 Å². The van der Waals surface area contributed by atoms with Gasteiger partial charge >= 0.3 is 0 Å². The van der Waals surface area contributed by atoms with Gasteiger partial charge in [-0.3, -0.25) is 4.79 Å². The van der Waals surface area contributed by atoms with Crippen molar-refractivity contribution in [1.29, 1.82) is 0 Å². The second-order valence-corrected chi connectivity index (χ2v) is 8.33. The summed E-state index contributed by atoms with van der Waals surface area (Å²) in [6.07, 6.45) is 13.8. The number of methoxy groups -OCH3 is 1. The van der Waals surface area contributed by atoms with Gasteiger partial charge < -0.3 is 19.1 Å². The number of carbonyl (C=O) groups excluding carboxylic acids is 1. The van der Waals surface area contributed by atoms with Crippen LogP contribution in [0.2, 0.25) is 0 Å². The number of rotatable bonds is 14. The first-order valence-corrected chi connectivity index (χ1v) is 12.0. The highest BCUT2D eigenvalue weighted by atomic mass is 16.6. The van der Waals surface area contributed by atoms with Crippen molar-refractivity contribution in [2.75, 3.05) is 33.4 Å². The molecule has 1 aliphatic rings. The van der Waals surface area contributed by atoms with E-state index >= 15 is 0 Å². The molecule has 0 aromatic heterocycles. The molecule has 178 valence electrons. The number of ether oxygens (including phenoxy) is 3. The van der Waals surface area contributed by atoms with E-state index in [1.807, 2.05) is 17.0 Å². The van der Waals surface area contributed by atoms with Gasteiger partial charge in [0.15, 0.2) is 11.5 Å². The highest BCUT2D eigenvalue weighted by Gasteiger charge is 2.19. The zero-order chi connectivity index (χ0) is 23.2. The first-order chi connectivity index (χ1) is 15.6. The number of allylic oxidation sites excluding steroid dienone is 4. The van der Waals surface area contributed by atoms with Gasteiger partial charge in [0.1, 0.15) is 6.10 Å². The Hall–Kier alpha value is -2.27. The molecule has 1 heterocycles. The average Bonchev–Trinajstić information content (AvgIpc) is 3.29. The van der Waals surface area contributed by atoms with Crippen LogP contribution in [-0.4, -0.2) is 50.3 Å². The molecule has 2 rings (SSSR count). The van der Waals surface area contributed by atoms with E-state index in [1.165, 1.54) is 5.57 Å². The largest absolute Gasteiger partial charge is 0.493 e. The van der Waals surface area contributed by atoms with Gasteiger partial charge in [-0.25, -0.2) is 0 Å². The summed E-state index contributed by atoms with van der Waals surface area (Å²) < 4.78 is 17.0. The van der Waals surface area contributed by atoms with Crippen LogP contribution in [0.25, 0.3) is 0 Å². The molecule has 1 atom stereocenters. The maximum atomic E-state index is 12.2. The van der Waals surface area contributed by atoms with Crippen molar-refractivity contribution >= 4 is 5.91 Å². The van der Waals surface area contributed by atoms with Crippen LogP contribution in [0.3, 0.4) is 0 Å². The molecular weight excluding hydrogens is 402 g/mol. The van der Waals surface area contributed by atoms with Crippen LogP contribution in [0, 0.1) is 0 Å². The third-order valence-electron chi connectivity index (χ3n) is 5.81. The Morgan fingerprint density at radius 3 is 2.75 bits per heavy atom. The van der Waals surface area contributed by atoms with Crippen molar-refractivity contribution in [2.45, 2.75) is 71.8 Å². The fraction of sp³-hybridized carbons (Fsp3) is 0.593. The van der Waals surface area contributed by atoms with Gasteiger partial charge in [-0.1, -0.05) is 36.8 Å². The van der Waals surface area contributed by atoms with Gasteiger partial charge in [-0.05, 0) is 63.1 Å². The molecule has 1 saturated heterocycles. The predicted octanol–water partition coefficient (Wildman–Crippen LogP) is 5.73. The Labute approximate surface area is 194 Å². The van der Waals surface area contributed by atoms with E-state index in [0.717, 1.165) is 75.2 Å². The lowest BCUT2D eigenvalue weighted by Crippen LogP contribution is -2.31. The first kappa shape index (κ1) is 26.0. The summed E-state index contributed by atoms with van der Waals surface area (Å²) in [6, 6.07) is 6.04. The van der Waals surface area contributed by atoms with Crippen LogP contribution >= 0.6 is 0 Å². The molecule has 0 saturated carbocycles. The Kier molecular flexibility index (Phi) is 12.0. The molecule has 1 aromatic rings. The van der Waals surface area contributed by atoms with Crippen molar-refractivity contribution in [3.05, 3.63) is 47.6 Å². The monoisotopic (exact) mass is 443 g/mol.